The van der Waals surface area contributed by atoms with Crippen LogP contribution >= 0.6 is 0 Å². The quantitative estimate of drug-likeness (QED) is 0.779. The van der Waals surface area contributed by atoms with Crippen molar-refractivity contribution in [1.29, 1.82) is 0 Å². The zero-order valence-corrected chi connectivity index (χ0v) is 14.4. The Morgan fingerprint density at radius 2 is 1.62 bits per heavy atom. The maximum Gasteiger partial charge on any atom is 0.119 e. The molecule has 1 N–H and O–H groups in total. The van der Waals surface area contributed by atoms with Gasteiger partial charge >= 0.3 is 0 Å². The van der Waals surface area contributed by atoms with Crippen LogP contribution in [0.3, 0.4) is 0 Å². The van der Waals surface area contributed by atoms with Crippen molar-refractivity contribution < 1.29 is 9.47 Å². The van der Waals surface area contributed by atoms with Gasteiger partial charge in [0.1, 0.15) is 5.75 Å². The first kappa shape index (κ1) is 18.0. The number of hydrogen-bond donors (Lipinski definition) is 1. The molecule has 0 bridgehead atoms. The fraction of sp³-hybridized carbons (Fsp3) is 0.667. The average molecular weight is 293 g/mol. The van der Waals surface area contributed by atoms with Gasteiger partial charge in [-0.3, -0.25) is 0 Å². The van der Waals surface area contributed by atoms with Gasteiger partial charge in [-0.1, -0.05) is 39.8 Å². The first-order chi connectivity index (χ1) is 9.93. The Labute approximate surface area is 130 Å². The lowest BCUT2D eigenvalue weighted by molar-refractivity contribution is -0.0363. The Kier molecular flexibility index (Phi) is 7.20. The fourth-order valence-corrected chi connectivity index (χ4v) is 2.58. The third-order valence-corrected chi connectivity index (χ3v) is 3.48. The minimum Gasteiger partial charge on any atom is -0.494 e. The summed E-state index contributed by atoms with van der Waals surface area (Å²) in [6.45, 7) is 15.2. The van der Waals surface area contributed by atoms with E-state index in [-0.39, 0.29) is 17.6 Å². The van der Waals surface area contributed by atoms with Gasteiger partial charge in [-0.25, -0.2) is 0 Å². The van der Waals surface area contributed by atoms with Gasteiger partial charge in [0, 0.05) is 6.61 Å². The van der Waals surface area contributed by atoms with Crippen LogP contribution in [0, 0.1) is 5.41 Å². The summed E-state index contributed by atoms with van der Waals surface area (Å²) in [5, 5.41) is 3.58. The van der Waals surface area contributed by atoms with Gasteiger partial charge < -0.3 is 14.8 Å². The zero-order valence-electron chi connectivity index (χ0n) is 14.4. The molecular formula is C18H31NO2. The van der Waals surface area contributed by atoms with E-state index in [9.17, 15) is 0 Å². The van der Waals surface area contributed by atoms with Crippen LogP contribution in [0.5, 0.6) is 5.75 Å². The van der Waals surface area contributed by atoms with Crippen LogP contribution in [0.1, 0.15) is 53.1 Å². The first-order valence-electron chi connectivity index (χ1n) is 8.01. The zero-order chi connectivity index (χ0) is 15.9. The molecule has 2 atom stereocenters. The van der Waals surface area contributed by atoms with E-state index >= 15 is 0 Å². The molecule has 0 aliphatic carbocycles. The summed E-state index contributed by atoms with van der Waals surface area (Å²) in [7, 11) is 0. The van der Waals surface area contributed by atoms with Gasteiger partial charge in [-0.15, -0.1) is 0 Å². The predicted molar refractivity (Wildman–Crippen MR) is 88.9 cm³/mol. The Bertz CT molecular complexity index is 395. The lowest BCUT2D eigenvalue weighted by atomic mass is 9.82. The Hall–Kier alpha value is -1.06. The Morgan fingerprint density at radius 1 is 1.00 bits per heavy atom. The summed E-state index contributed by atoms with van der Waals surface area (Å²) in [5.74, 6) is 0.917. The average Bonchev–Trinajstić information content (AvgIpc) is 2.43. The standard InChI is InChI=1S/C18H31NO2/c1-7-19-16(17(21-9-3)18(4,5)6)14-10-12-15(13-11-14)20-8-2/h10-13,16-17,19H,7-9H2,1-6H3. The summed E-state index contributed by atoms with van der Waals surface area (Å²) in [6.07, 6.45) is 0.125. The highest BCUT2D eigenvalue weighted by molar-refractivity contribution is 5.30. The number of ether oxygens (including phenoxy) is 2. The second-order valence-corrected chi connectivity index (χ2v) is 6.28. The normalized spacial score (nSPS) is 14.8. The van der Waals surface area contributed by atoms with Crippen LogP contribution in [0.25, 0.3) is 0 Å². The molecule has 0 aliphatic heterocycles. The Morgan fingerprint density at radius 3 is 2.05 bits per heavy atom. The van der Waals surface area contributed by atoms with Crippen LogP contribution in [-0.4, -0.2) is 25.9 Å². The van der Waals surface area contributed by atoms with E-state index in [1.807, 2.05) is 19.1 Å². The summed E-state index contributed by atoms with van der Waals surface area (Å²) < 4.78 is 11.6. The molecule has 3 heteroatoms. The van der Waals surface area contributed by atoms with Crippen molar-refractivity contribution in [3.63, 3.8) is 0 Å². The maximum atomic E-state index is 6.06. The van der Waals surface area contributed by atoms with Crippen molar-refractivity contribution >= 4 is 0 Å². The third-order valence-electron chi connectivity index (χ3n) is 3.48. The highest BCUT2D eigenvalue weighted by atomic mass is 16.5. The van der Waals surface area contributed by atoms with E-state index in [1.54, 1.807) is 0 Å². The minimum absolute atomic E-state index is 0.0709. The van der Waals surface area contributed by atoms with Crippen LogP contribution in [0.2, 0.25) is 0 Å². The van der Waals surface area contributed by atoms with Crippen LogP contribution in [0.4, 0.5) is 0 Å². The fourth-order valence-electron chi connectivity index (χ4n) is 2.58. The summed E-state index contributed by atoms with van der Waals surface area (Å²) in [5.41, 5.74) is 1.32. The van der Waals surface area contributed by atoms with E-state index in [1.165, 1.54) is 5.56 Å². The van der Waals surface area contributed by atoms with Crippen molar-refractivity contribution in [2.45, 2.75) is 53.7 Å². The number of rotatable bonds is 8. The lowest BCUT2D eigenvalue weighted by Gasteiger charge is -2.37. The molecule has 120 valence electrons. The molecule has 3 nitrogen and oxygen atoms in total. The smallest absolute Gasteiger partial charge is 0.119 e. The monoisotopic (exact) mass is 293 g/mol. The number of likely N-dealkylation sites (N-methyl/N-ethyl adjacent to an activating group) is 1. The SMILES string of the molecule is CCNC(c1ccc(OCC)cc1)C(OCC)C(C)(C)C. The number of hydrogen-bond acceptors (Lipinski definition) is 3. The Balaban J connectivity index is 3.02. The van der Waals surface area contributed by atoms with Crippen molar-refractivity contribution in [2.75, 3.05) is 19.8 Å². The third kappa shape index (κ3) is 5.33. The molecule has 0 spiro atoms. The molecule has 1 rings (SSSR count). The summed E-state index contributed by atoms with van der Waals surface area (Å²) in [4.78, 5) is 0. The molecule has 0 saturated heterocycles. The second kappa shape index (κ2) is 8.40. The molecule has 0 heterocycles. The molecule has 0 saturated carbocycles. The van der Waals surface area contributed by atoms with Crippen molar-refractivity contribution in [3.05, 3.63) is 29.8 Å². The van der Waals surface area contributed by atoms with Gasteiger partial charge in [0.25, 0.3) is 0 Å². The molecule has 0 aromatic heterocycles. The van der Waals surface area contributed by atoms with Crippen LogP contribution in [-0.2, 0) is 4.74 Å². The molecule has 0 aliphatic rings. The number of benzene rings is 1. The van der Waals surface area contributed by atoms with Crippen molar-refractivity contribution in [3.8, 4) is 5.75 Å². The van der Waals surface area contributed by atoms with Gasteiger partial charge in [0.05, 0.1) is 18.8 Å². The molecule has 0 fully saturated rings. The first-order valence-corrected chi connectivity index (χ1v) is 8.01. The highest BCUT2D eigenvalue weighted by Gasteiger charge is 2.33. The number of nitrogens with one attached hydrogen (secondary N) is 1. The lowest BCUT2D eigenvalue weighted by Crippen LogP contribution is -2.42. The van der Waals surface area contributed by atoms with Gasteiger partial charge in [-0.05, 0) is 43.5 Å². The molecule has 0 amide bonds. The largest absolute Gasteiger partial charge is 0.494 e. The molecule has 2 unspecified atom stereocenters. The van der Waals surface area contributed by atoms with Crippen molar-refractivity contribution in [1.82, 2.24) is 5.32 Å². The summed E-state index contributed by atoms with van der Waals surface area (Å²) in [6, 6.07) is 8.53. The van der Waals surface area contributed by atoms with E-state index < -0.39 is 0 Å². The maximum absolute atomic E-state index is 6.06. The topological polar surface area (TPSA) is 30.5 Å². The molecule has 21 heavy (non-hydrogen) atoms. The molecule has 1 aromatic carbocycles. The second-order valence-electron chi connectivity index (χ2n) is 6.28. The van der Waals surface area contributed by atoms with Crippen molar-refractivity contribution in [2.24, 2.45) is 5.41 Å². The molecular weight excluding hydrogens is 262 g/mol. The van der Waals surface area contributed by atoms with Gasteiger partial charge in [0.15, 0.2) is 0 Å². The molecule has 0 radical (unpaired) electrons. The molecule has 1 aromatic rings. The van der Waals surface area contributed by atoms with Gasteiger partial charge in [-0.2, -0.15) is 0 Å². The van der Waals surface area contributed by atoms with E-state index in [2.05, 4.69) is 52.1 Å². The highest BCUT2D eigenvalue weighted by Crippen LogP contribution is 2.33. The van der Waals surface area contributed by atoms with Crippen LogP contribution < -0.4 is 10.1 Å². The van der Waals surface area contributed by atoms with Gasteiger partial charge in [0.2, 0.25) is 0 Å². The predicted octanol–water partition coefficient (Wildman–Crippen LogP) is 4.19. The summed E-state index contributed by atoms with van der Waals surface area (Å²) >= 11 is 0. The minimum atomic E-state index is 0.0709. The van der Waals surface area contributed by atoms with E-state index in [4.69, 9.17) is 9.47 Å². The van der Waals surface area contributed by atoms with E-state index in [0.29, 0.717) is 6.61 Å². The van der Waals surface area contributed by atoms with Crippen LogP contribution in [0.15, 0.2) is 24.3 Å². The van der Waals surface area contributed by atoms with E-state index in [0.717, 1.165) is 18.9 Å².